The van der Waals surface area contributed by atoms with Crippen LogP contribution in [-0.2, 0) is 15.6 Å². The minimum Gasteiger partial charge on any atom is -0.244 e. The van der Waals surface area contributed by atoms with Gasteiger partial charge in [-0.2, -0.15) is 31.0 Å². The largest absolute Gasteiger partial charge is 0.402 e. The van der Waals surface area contributed by atoms with Crippen LogP contribution in [0.25, 0.3) is 0 Å². The molecule has 0 saturated heterocycles. The van der Waals surface area contributed by atoms with E-state index in [2.05, 4.69) is 9.71 Å². The molecule has 122 valence electrons. The van der Waals surface area contributed by atoms with Gasteiger partial charge in [-0.05, 0) is 6.92 Å². The molecule has 0 bridgehead atoms. The maximum absolute atomic E-state index is 12.0. The van der Waals surface area contributed by atoms with Gasteiger partial charge in [0.2, 0.25) is 0 Å². The molecule has 1 heterocycles. The Bertz CT molecular complexity index is 576. The first-order chi connectivity index (χ1) is 9.30. The summed E-state index contributed by atoms with van der Waals surface area (Å²) < 4.78 is 62.7. The first-order valence-corrected chi connectivity index (χ1v) is 8.46. The minimum atomic E-state index is -4.60. The van der Waals surface area contributed by atoms with Crippen molar-refractivity contribution in [1.29, 1.82) is 0 Å². The Hall–Kier alpha value is -0.710. The molecule has 0 fully saturated rings. The molecule has 0 saturated carbocycles. The van der Waals surface area contributed by atoms with Crippen LogP contribution in [-0.4, -0.2) is 26.1 Å². The zero-order chi connectivity index (χ0) is 16.5. The van der Waals surface area contributed by atoms with E-state index in [9.17, 15) is 21.6 Å². The Balaban J connectivity index is 2.72. The quantitative estimate of drug-likeness (QED) is 0.861. The summed E-state index contributed by atoms with van der Waals surface area (Å²) in [5.41, 5.74) is 0.624. The van der Waals surface area contributed by atoms with Crippen LogP contribution in [0.15, 0.2) is 5.38 Å². The molecule has 10 heteroatoms. The molecule has 0 spiro atoms. The lowest BCUT2D eigenvalue weighted by Crippen LogP contribution is -2.42. The minimum absolute atomic E-state index is 0.179. The van der Waals surface area contributed by atoms with Crippen LogP contribution in [0.4, 0.5) is 13.2 Å². The van der Waals surface area contributed by atoms with Gasteiger partial charge in [-0.3, -0.25) is 0 Å². The Morgan fingerprint density at radius 1 is 1.33 bits per heavy atom. The smallest absolute Gasteiger partial charge is 0.244 e. The topological polar surface area (TPSA) is 71.1 Å². The van der Waals surface area contributed by atoms with E-state index in [4.69, 9.17) is 0 Å². The predicted molar refractivity (Wildman–Crippen MR) is 75.3 cm³/mol. The second kappa shape index (κ2) is 6.19. The molecule has 0 aliphatic heterocycles. The molecular weight excluding hydrogens is 327 g/mol. The third-order valence-electron chi connectivity index (χ3n) is 2.46. The lowest BCUT2D eigenvalue weighted by molar-refractivity contribution is -0.121. The third kappa shape index (κ3) is 6.29. The van der Waals surface area contributed by atoms with E-state index in [-0.39, 0.29) is 5.41 Å². The number of hydrogen-bond acceptors (Lipinski definition) is 4. The second-order valence-electron chi connectivity index (χ2n) is 5.60. The fourth-order valence-corrected chi connectivity index (χ4v) is 3.47. The van der Waals surface area contributed by atoms with Crippen LogP contribution in [0.2, 0.25) is 0 Å². The molecule has 21 heavy (non-hydrogen) atoms. The van der Waals surface area contributed by atoms with E-state index in [0.29, 0.717) is 5.01 Å². The summed E-state index contributed by atoms with van der Waals surface area (Å²) in [6.45, 7) is 5.81. The average Bonchev–Trinajstić information content (AvgIpc) is 2.74. The summed E-state index contributed by atoms with van der Waals surface area (Å²) >= 11 is 1.26. The van der Waals surface area contributed by atoms with Gasteiger partial charge in [-0.15, -0.1) is 11.3 Å². The van der Waals surface area contributed by atoms with Crippen molar-refractivity contribution in [3.8, 4) is 0 Å². The lowest BCUT2D eigenvalue weighted by atomic mass is 9.93. The Morgan fingerprint density at radius 3 is 2.33 bits per heavy atom. The highest BCUT2D eigenvalue weighted by molar-refractivity contribution is 7.87. The van der Waals surface area contributed by atoms with E-state index in [1.807, 2.05) is 26.2 Å². The lowest BCUT2D eigenvalue weighted by Gasteiger charge is -2.16. The molecule has 1 aromatic rings. The van der Waals surface area contributed by atoms with E-state index < -0.39 is 29.0 Å². The van der Waals surface area contributed by atoms with Crippen molar-refractivity contribution >= 4 is 21.5 Å². The van der Waals surface area contributed by atoms with Gasteiger partial charge >= 0.3 is 6.18 Å². The van der Waals surface area contributed by atoms with Gasteiger partial charge in [0.1, 0.15) is 11.6 Å². The number of aromatic nitrogens is 1. The first kappa shape index (κ1) is 18.3. The van der Waals surface area contributed by atoms with Gasteiger partial charge in [0.05, 0.1) is 11.7 Å². The van der Waals surface area contributed by atoms with Crippen molar-refractivity contribution < 1.29 is 21.6 Å². The van der Waals surface area contributed by atoms with Crippen LogP contribution in [0.3, 0.4) is 0 Å². The third-order valence-corrected chi connectivity index (χ3v) is 4.67. The van der Waals surface area contributed by atoms with Crippen LogP contribution < -0.4 is 9.44 Å². The molecule has 0 amide bonds. The maximum atomic E-state index is 12.0. The standard InChI is InChI=1S/C11H18F3N3O2S2/c1-7(9-16-8(5-20-9)10(2,3)4)17-21(18,19)15-6-11(12,13)14/h5,7,15,17H,6H2,1-4H3. The van der Waals surface area contributed by atoms with E-state index in [1.54, 1.807) is 0 Å². The van der Waals surface area contributed by atoms with E-state index >= 15 is 0 Å². The van der Waals surface area contributed by atoms with Crippen molar-refractivity contribution in [3.63, 3.8) is 0 Å². The SMILES string of the molecule is CC(NS(=O)(=O)NCC(F)(F)F)c1nc(C(C)(C)C)cs1. The van der Waals surface area contributed by atoms with Gasteiger partial charge < -0.3 is 0 Å². The van der Waals surface area contributed by atoms with Crippen molar-refractivity contribution in [2.45, 2.75) is 45.3 Å². The van der Waals surface area contributed by atoms with Gasteiger partial charge in [-0.1, -0.05) is 20.8 Å². The van der Waals surface area contributed by atoms with Crippen LogP contribution in [0.5, 0.6) is 0 Å². The molecule has 1 atom stereocenters. The Morgan fingerprint density at radius 2 is 1.90 bits per heavy atom. The fraction of sp³-hybridized carbons (Fsp3) is 0.727. The number of alkyl halides is 3. The summed E-state index contributed by atoms with van der Waals surface area (Å²) in [5, 5.41) is 2.31. The molecule has 0 radical (unpaired) electrons. The molecular formula is C11H18F3N3O2S2. The molecule has 5 nitrogen and oxygen atoms in total. The highest BCUT2D eigenvalue weighted by Crippen LogP contribution is 2.26. The molecule has 1 rings (SSSR count). The van der Waals surface area contributed by atoms with E-state index in [0.717, 1.165) is 5.69 Å². The van der Waals surface area contributed by atoms with Gasteiger partial charge in [0.25, 0.3) is 10.2 Å². The van der Waals surface area contributed by atoms with Crippen LogP contribution >= 0.6 is 11.3 Å². The normalized spacial score (nSPS) is 15.2. The van der Waals surface area contributed by atoms with Gasteiger partial charge in [0, 0.05) is 10.8 Å². The second-order valence-corrected chi connectivity index (χ2v) is 8.02. The monoisotopic (exact) mass is 345 g/mol. The summed E-state index contributed by atoms with van der Waals surface area (Å²) in [4.78, 5) is 4.32. The van der Waals surface area contributed by atoms with Crippen molar-refractivity contribution in [2.24, 2.45) is 0 Å². The van der Waals surface area contributed by atoms with Gasteiger partial charge in [-0.25, -0.2) is 4.98 Å². The highest BCUT2D eigenvalue weighted by atomic mass is 32.2. The molecule has 1 unspecified atom stereocenters. The Labute approximate surface area is 126 Å². The predicted octanol–water partition coefficient (Wildman–Crippen LogP) is 2.49. The highest BCUT2D eigenvalue weighted by Gasteiger charge is 2.30. The van der Waals surface area contributed by atoms with Crippen molar-refractivity contribution in [2.75, 3.05) is 6.54 Å². The zero-order valence-corrected chi connectivity index (χ0v) is 13.7. The number of nitrogens with zero attached hydrogens (tertiary/aromatic N) is 1. The molecule has 0 aliphatic rings. The summed E-state index contributed by atoms with van der Waals surface area (Å²) in [7, 11) is -4.24. The molecule has 1 aromatic heterocycles. The fourth-order valence-electron chi connectivity index (χ4n) is 1.33. The van der Waals surface area contributed by atoms with Crippen molar-refractivity contribution in [1.82, 2.24) is 14.4 Å². The summed E-state index contributed by atoms with van der Waals surface area (Å²) in [6, 6.07) is -0.711. The number of nitrogens with one attached hydrogen (secondary N) is 2. The number of hydrogen-bond donors (Lipinski definition) is 2. The summed E-state index contributed by atoms with van der Waals surface area (Å²) in [6.07, 6.45) is -4.60. The van der Waals surface area contributed by atoms with Crippen molar-refractivity contribution in [3.05, 3.63) is 16.1 Å². The number of thiazole rings is 1. The zero-order valence-electron chi connectivity index (χ0n) is 12.1. The van der Waals surface area contributed by atoms with Gasteiger partial charge in [0.15, 0.2) is 0 Å². The molecule has 0 aromatic carbocycles. The Kier molecular flexibility index (Phi) is 5.40. The molecule has 0 aliphatic carbocycles. The number of rotatable bonds is 5. The first-order valence-electron chi connectivity index (χ1n) is 6.10. The van der Waals surface area contributed by atoms with E-state index in [1.165, 1.54) is 23.0 Å². The van der Waals surface area contributed by atoms with Crippen LogP contribution in [0.1, 0.15) is 44.4 Å². The summed E-state index contributed by atoms with van der Waals surface area (Å²) in [5.74, 6) is 0. The average molecular weight is 345 g/mol. The number of halogens is 3. The van der Waals surface area contributed by atoms with Crippen LogP contribution in [0, 0.1) is 0 Å². The maximum Gasteiger partial charge on any atom is 0.402 e. The molecule has 2 N–H and O–H groups in total.